The summed E-state index contributed by atoms with van der Waals surface area (Å²) in [5, 5.41) is 3.03. The van der Waals surface area contributed by atoms with Gasteiger partial charge in [-0.1, -0.05) is 0 Å². The minimum atomic E-state index is 0.743. The van der Waals surface area contributed by atoms with Crippen molar-refractivity contribution in [2.24, 2.45) is 7.05 Å². The Hall–Kier alpha value is -0.870. The maximum atomic E-state index is 5.39. The maximum Gasteiger partial charge on any atom is 0.110 e. The molecule has 13 heavy (non-hydrogen) atoms. The lowest BCUT2D eigenvalue weighted by Crippen LogP contribution is -2.15. The van der Waals surface area contributed by atoms with Crippen LogP contribution in [0.1, 0.15) is 5.82 Å². The van der Waals surface area contributed by atoms with E-state index < -0.39 is 0 Å². The van der Waals surface area contributed by atoms with E-state index in [4.69, 9.17) is 4.74 Å². The van der Waals surface area contributed by atoms with Gasteiger partial charge in [-0.25, -0.2) is 4.98 Å². The van der Waals surface area contributed by atoms with Gasteiger partial charge >= 0.3 is 0 Å². The van der Waals surface area contributed by atoms with Crippen molar-refractivity contribution in [3.05, 3.63) is 18.2 Å². The van der Waals surface area contributed by atoms with Crippen molar-refractivity contribution in [2.75, 3.05) is 26.8 Å². The summed E-state index contributed by atoms with van der Waals surface area (Å²) in [6, 6.07) is 0. The van der Waals surface area contributed by atoms with Gasteiger partial charge in [-0.2, -0.15) is 0 Å². The first-order valence-electron chi connectivity index (χ1n) is 4.53. The zero-order valence-electron chi connectivity index (χ0n) is 8.29. The second-order valence-electron chi connectivity index (χ2n) is 2.92. The summed E-state index contributed by atoms with van der Waals surface area (Å²) in [6.07, 6.45) is 4.64. The normalized spacial score (nSPS) is 10.6. The fourth-order valence-corrected chi connectivity index (χ4v) is 1.08. The van der Waals surface area contributed by atoms with Crippen molar-refractivity contribution in [3.8, 4) is 0 Å². The SMILES string of the molecule is CNCCOCCc1nccn1C. The molecule has 0 radical (unpaired) electrons. The van der Waals surface area contributed by atoms with Crippen LogP contribution < -0.4 is 5.32 Å². The van der Waals surface area contributed by atoms with Crippen molar-refractivity contribution in [2.45, 2.75) is 6.42 Å². The van der Waals surface area contributed by atoms with E-state index in [-0.39, 0.29) is 0 Å². The molecule has 0 aliphatic rings. The zero-order valence-corrected chi connectivity index (χ0v) is 8.29. The van der Waals surface area contributed by atoms with Crippen molar-refractivity contribution in [3.63, 3.8) is 0 Å². The van der Waals surface area contributed by atoms with Crippen LogP contribution in [0.2, 0.25) is 0 Å². The second-order valence-corrected chi connectivity index (χ2v) is 2.92. The Morgan fingerprint density at radius 1 is 1.54 bits per heavy atom. The van der Waals surface area contributed by atoms with Gasteiger partial charge in [0, 0.05) is 32.4 Å². The minimum absolute atomic E-state index is 0.743. The first-order chi connectivity index (χ1) is 6.34. The number of imidazole rings is 1. The Balaban J connectivity index is 2.10. The topological polar surface area (TPSA) is 39.1 Å². The molecule has 1 rings (SSSR count). The van der Waals surface area contributed by atoms with Gasteiger partial charge in [0.15, 0.2) is 0 Å². The van der Waals surface area contributed by atoms with Gasteiger partial charge in [0.2, 0.25) is 0 Å². The molecule has 0 fully saturated rings. The summed E-state index contributed by atoms with van der Waals surface area (Å²) in [4.78, 5) is 4.20. The molecule has 1 aromatic rings. The van der Waals surface area contributed by atoms with Crippen LogP contribution in [0.3, 0.4) is 0 Å². The third kappa shape index (κ3) is 3.57. The van der Waals surface area contributed by atoms with Crippen LogP contribution in [0.4, 0.5) is 0 Å². The standard InChI is InChI=1S/C9H17N3O/c1-10-5-8-13-7-3-9-11-4-6-12(9)2/h4,6,10H,3,5,7-8H2,1-2H3. The fourth-order valence-electron chi connectivity index (χ4n) is 1.08. The summed E-state index contributed by atoms with van der Waals surface area (Å²) >= 11 is 0. The second kappa shape index (κ2) is 5.72. The first-order valence-corrected chi connectivity index (χ1v) is 4.53. The Bertz CT molecular complexity index is 235. The Morgan fingerprint density at radius 2 is 2.38 bits per heavy atom. The number of hydrogen-bond donors (Lipinski definition) is 1. The summed E-state index contributed by atoms with van der Waals surface area (Å²) in [5.41, 5.74) is 0. The van der Waals surface area contributed by atoms with Gasteiger partial charge in [-0.05, 0) is 7.05 Å². The number of hydrogen-bond acceptors (Lipinski definition) is 3. The van der Waals surface area contributed by atoms with E-state index in [0.717, 1.165) is 32.0 Å². The first kappa shape index (κ1) is 10.2. The summed E-state index contributed by atoms with van der Waals surface area (Å²) in [5.74, 6) is 1.07. The molecule has 0 saturated heterocycles. The van der Waals surface area contributed by atoms with E-state index in [1.165, 1.54) is 0 Å². The smallest absolute Gasteiger partial charge is 0.110 e. The van der Waals surface area contributed by atoms with Crippen LogP contribution in [0.5, 0.6) is 0 Å². The van der Waals surface area contributed by atoms with Crippen LogP contribution in [-0.2, 0) is 18.2 Å². The molecule has 0 bridgehead atoms. The molecule has 4 heteroatoms. The highest BCUT2D eigenvalue weighted by atomic mass is 16.5. The molecule has 0 spiro atoms. The minimum Gasteiger partial charge on any atom is -0.380 e. The van der Waals surface area contributed by atoms with Gasteiger partial charge in [0.1, 0.15) is 5.82 Å². The lowest BCUT2D eigenvalue weighted by molar-refractivity contribution is 0.138. The monoisotopic (exact) mass is 183 g/mol. The van der Waals surface area contributed by atoms with Crippen molar-refractivity contribution >= 4 is 0 Å². The quantitative estimate of drug-likeness (QED) is 0.640. The predicted molar refractivity (Wildman–Crippen MR) is 51.7 cm³/mol. The van der Waals surface area contributed by atoms with E-state index >= 15 is 0 Å². The lowest BCUT2D eigenvalue weighted by atomic mass is 10.4. The molecule has 74 valence electrons. The number of nitrogens with zero attached hydrogens (tertiary/aromatic N) is 2. The average molecular weight is 183 g/mol. The zero-order chi connectivity index (χ0) is 9.52. The highest BCUT2D eigenvalue weighted by Crippen LogP contribution is 1.95. The summed E-state index contributed by atoms with van der Waals surface area (Å²) < 4.78 is 7.40. The van der Waals surface area contributed by atoms with Gasteiger partial charge in [0.05, 0.1) is 13.2 Å². The molecule has 0 aliphatic carbocycles. The molecule has 1 heterocycles. The highest BCUT2D eigenvalue weighted by molar-refractivity contribution is 4.90. The van der Waals surface area contributed by atoms with Crippen molar-refractivity contribution in [1.82, 2.24) is 14.9 Å². The van der Waals surface area contributed by atoms with Crippen molar-refractivity contribution in [1.29, 1.82) is 0 Å². The number of aryl methyl sites for hydroxylation is 1. The number of aromatic nitrogens is 2. The van der Waals surface area contributed by atoms with Crippen molar-refractivity contribution < 1.29 is 4.74 Å². The number of likely N-dealkylation sites (N-methyl/N-ethyl adjacent to an activating group) is 1. The molecule has 0 atom stereocenters. The van der Waals surface area contributed by atoms with E-state index in [2.05, 4.69) is 10.3 Å². The molecule has 1 aromatic heterocycles. The average Bonchev–Trinajstić information content (AvgIpc) is 2.52. The molecule has 4 nitrogen and oxygen atoms in total. The van der Waals surface area contributed by atoms with Gasteiger partial charge in [-0.3, -0.25) is 0 Å². The third-order valence-corrected chi connectivity index (χ3v) is 1.89. The number of ether oxygens (including phenoxy) is 1. The Kier molecular flexibility index (Phi) is 4.49. The maximum absolute atomic E-state index is 5.39. The summed E-state index contributed by atoms with van der Waals surface area (Å²) in [6.45, 7) is 2.41. The largest absolute Gasteiger partial charge is 0.380 e. The van der Waals surface area contributed by atoms with E-state index in [1.807, 2.05) is 31.1 Å². The molecular formula is C9H17N3O. The molecule has 0 saturated carbocycles. The summed E-state index contributed by atoms with van der Waals surface area (Å²) in [7, 11) is 3.91. The predicted octanol–water partition coefficient (Wildman–Crippen LogP) is 0.199. The fraction of sp³-hybridized carbons (Fsp3) is 0.667. The molecule has 0 unspecified atom stereocenters. The number of rotatable bonds is 6. The van der Waals surface area contributed by atoms with Gasteiger partial charge in [0.25, 0.3) is 0 Å². The van der Waals surface area contributed by atoms with Gasteiger partial charge < -0.3 is 14.6 Å². The van der Waals surface area contributed by atoms with E-state index in [9.17, 15) is 0 Å². The third-order valence-electron chi connectivity index (χ3n) is 1.89. The molecule has 1 N–H and O–H groups in total. The van der Waals surface area contributed by atoms with Crippen LogP contribution in [0, 0.1) is 0 Å². The molecule has 0 aromatic carbocycles. The van der Waals surface area contributed by atoms with Crippen LogP contribution in [0.25, 0.3) is 0 Å². The van der Waals surface area contributed by atoms with E-state index in [1.54, 1.807) is 0 Å². The Morgan fingerprint density at radius 3 is 3.00 bits per heavy atom. The molecule has 0 aliphatic heterocycles. The van der Waals surface area contributed by atoms with Crippen LogP contribution in [0.15, 0.2) is 12.4 Å². The number of nitrogens with one attached hydrogen (secondary N) is 1. The highest BCUT2D eigenvalue weighted by Gasteiger charge is 1.97. The Labute approximate surface area is 78.9 Å². The van der Waals surface area contributed by atoms with Gasteiger partial charge in [-0.15, -0.1) is 0 Å². The lowest BCUT2D eigenvalue weighted by Gasteiger charge is -2.03. The molecule has 0 amide bonds. The molecular weight excluding hydrogens is 166 g/mol. The van der Waals surface area contributed by atoms with Crippen LogP contribution >= 0.6 is 0 Å². The van der Waals surface area contributed by atoms with Crippen LogP contribution in [-0.4, -0.2) is 36.4 Å². The van der Waals surface area contributed by atoms with E-state index in [0.29, 0.717) is 0 Å².